The Morgan fingerprint density at radius 2 is 2.06 bits per heavy atom. The van der Waals surface area contributed by atoms with Gasteiger partial charge in [-0.3, -0.25) is 9.80 Å². The van der Waals surface area contributed by atoms with Gasteiger partial charge in [0.25, 0.3) is 0 Å². The molecular weight excluding hydrogens is 468 g/mol. The van der Waals surface area contributed by atoms with Gasteiger partial charge in [-0.1, -0.05) is 25.4 Å². The summed E-state index contributed by atoms with van der Waals surface area (Å²) in [6, 6.07) is 5.45. The molecule has 2 aromatic rings. The number of piperazine rings is 1. The molecular formula is C24H33ClN8S. The van der Waals surface area contributed by atoms with E-state index in [1.54, 1.807) is 6.20 Å². The Bertz CT molecular complexity index is 1060. The number of nitrogens with one attached hydrogen (secondary N) is 1. The summed E-state index contributed by atoms with van der Waals surface area (Å²) >= 11 is 7.92. The third kappa shape index (κ3) is 4.37. The highest BCUT2D eigenvalue weighted by Crippen LogP contribution is 2.43. The van der Waals surface area contributed by atoms with Crippen LogP contribution in [0.5, 0.6) is 0 Å². The van der Waals surface area contributed by atoms with Gasteiger partial charge in [0.15, 0.2) is 5.82 Å². The van der Waals surface area contributed by atoms with Crippen molar-refractivity contribution in [1.29, 1.82) is 5.26 Å². The zero-order chi connectivity index (χ0) is 23.9. The maximum Gasteiger partial charge on any atom is 0.229 e. The van der Waals surface area contributed by atoms with E-state index in [0.29, 0.717) is 40.7 Å². The summed E-state index contributed by atoms with van der Waals surface area (Å²) in [7, 11) is 0. The molecule has 0 unspecified atom stereocenters. The second-order valence-corrected chi connectivity index (χ2v) is 11.2. The number of rotatable bonds is 7. The molecule has 0 aliphatic carbocycles. The van der Waals surface area contributed by atoms with Crippen molar-refractivity contribution in [1.82, 2.24) is 24.1 Å². The monoisotopic (exact) mass is 500 g/mol. The number of aryl methyl sites for hydroxylation is 1. The molecule has 34 heavy (non-hydrogen) atoms. The maximum absolute atomic E-state index is 9.60. The quantitative estimate of drug-likeness (QED) is 0.602. The molecule has 8 nitrogen and oxygen atoms in total. The number of fused-ring (bicyclic) bond motifs is 1. The van der Waals surface area contributed by atoms with E-state index in [9.17, 15) is 5.26 Å². The molecule has 5 rings (SSSR count). The lowest BCUT2D eigenvalue weighted by Gasteiger charge is -2.55. The molecule has 3 aliphatic rings. The van der Waals surface area contributed by atoms with Crippen LogP contribution in [0.15, 0.2) is 12.3 Å². The molecule has 3 fully saturated rings. The fraction of sp³-hybridized carbons (Fsp3) is 0.667. The van der Waals surface area contributed by atoms with Crippen molar-refractivity contribution in [2.24, 2.45) is 5.41 Å². The van der Waals surface area contributed by atoms with Crippen LogP contribution in [0.4, 0.5) is 16.8 Å². The van der Waals surface area contributed by atoms with E-state index in [2.05, 4.69) is 49.3 Å². The van der Waals surface area contributed by atoms with Crippen molar-refractivity contribution >= 4 is 39.9 Å². The van der Waals surface area contributed by atoms with Crippen LogP contribution in [0, 0.1) is 23.7 Å². The van der Waals surface area contributed by atoms with Crippen molar-refractivity contribution in [3.8, 4) is 6.07 Å². The summed E-state index contributed by atoms with van der Waals surface area (Å²) in [5.74, 6) is 1.20. The normalized spacial score (nSPS) is 26.7. The largest absolute Gasteiger partial charge is 0.348 e. The first-order valence-electron chi connectivity index (χ1n) is 12.3. The molecule has 3 saturated heterocycles. The van der Waals surface area contributed by atoms with Crippen molar-refractivity contribution in [2.75, 3.05) is 42.9 Å². The number of hydrogen-bond acceptors (Lipinski definition) is 9. The Balaban J connectivity index is 1.29. The van der Waals surface area contributed by atoms with Crippen LogP contribution >= 0.6 is 23.1 Å². The molecule has 0 amide bonds. The molecule has 0 aromatic carbocycles. The van der Waals surface area contributed by atoms with Crippen LogP contribution in [-0.2, 0) is 0 Å². The van der Waals surface area contributed by atoms with Crippen LogP contribution < -0.4 is 10.2 Å². The highest BCUT2D eigenvalue weighted by Gasteiger charge is 2.49. The summed E-state index contributed by atoms with van der Waals surface area (Å²) < 4.78 is 4.30. The van der Waals surface area contributed by atoms with E-state index < -0.39 is 0 Å². The smallest absolute Gasteiger partial charge is 0.229 e. The van der Waals surface area contributed by atoms with Crippen molar-refractivity contribution in [3.05, 3.63) is 23.0 Å². The van der Waals surface area contributed by atoms with Crippen LogP contribution in [0.2, 0.25) is 5.02 Å². The number of halogens is 1. The highest BCUT2D eigenvalue weighted by atomic mass is 35.5. The molecule has 0 radical (unpaired) electrons. The van der Waals surface area contributed by atoms with Gasteiger partial charge in [0.05, 0.1) is 30.4 Å². The second-order valence-electron chi connectivity index (χ2n) is 10.0. The summed E-state index contributed by atoms with van der Waals surface area (Å²) in [6.45, 7) is 12.0. The fourth-order valence-corrected chi connectivity index (χ4v) is 6.86. The number of nitriles is 1. The van der Waals surface area contributed by atoms with Gasteiger partial charge in [0.1, 0.15) is 10.0 Å². The topological polar surface area (TPSA) is 84.2 Å². The average molecular weight is 501 g/mol. The van der Waals surface area contributed by atoms with Gasteiger partial charge in [0, 0.05) is 44.8 Å². The predicted molar refractivity (Wildman–Crippen MR) is 137 cm³/mol. The van der Waals surface area contributed by atoms with E-state index in [-0.39, 0.29) is 6.04 Å². The van der Waals surface area contributed by atoms with Gasteiger partial charge in [-0.2, -0.15) is 14.6 Å². The molecule has 1 N–H and O–H groups in total. The summed E-state index contributed by atoms with van der Waals surface area (Å²) in [5.41, 5.74) is 1.44. The van der Waals surface area contributed by atoms with E-state index in [0.717, 1.165) is 36.9 Å². The molecule has 0 spiro atoms. The zero-order valence-corrected chi connectivity index (χ0v) is 21.7. The van der Waals surface area contributed by atoms with E-state index >= 15 is 0 Å². The Morgan fingerprint density at radius 1 is 1.26 bits per heavy atom. The van der Waals surface area contributed by atoms with Gasteiger partial charge in [0.2, 0.25) is 5.95 Å². The average Bonchev–Trinajstić information content (AvgIpc) is 3.41. The van der Waals surface area contributed by atoms with E-state index in [1.165, 1.54) is 37.3 Å². The number of hydrogen-bond donors (Lipinski definition) is 1. The Kier molecular flexibility index (Phi) is 6.68. The molecule has 3 atom stereocenters. The minimum Gasteiger partial charge on any atom is -0.348 e. The molecule has 182 valence electrons. The van der Waals surface area contributed by atoms with Crippen LogP contribution in [0.1, 0.15) is 45.2 Å². The van der Waals surface area contributed by atoms with Gasteiger partial charge >= 0.3 is 0 Å². The van der Waals surface area contributed by atoms with Crippen LogP contribution in [-0.4, -0.2) is 75.0 Å². The van der Waals surface area contributed by atoms with Crippen LogP contribution in [0.25, 0.3) is 0 Å². The molecule has 5 heterocycles. The third-order valence-corrected chi connectivity index (χ3v) is 9.26. The molecule has 3 aliphatic heterocycles. The SMILES string of the molecule is CCC1(CC)C[C@H]2CN([C@@H]3CN(c4nc(Nc5cc(C)ns5)ncc4Cl)[C@H]3CC#N)CCN2C1. The first-order valence-corrected chi connectivity index (χ1v) is 13.4. The zero-order valence-electron chi connectivity index (χ0n) is 20.2. The molecule has 2 aromatic heterocycles. The maximum atomic E-state index is 9.60. The predicted octanol–water partition coefficient (Wildman–Crippen LogP) is 4.31. The standard InChI is InChI=1S/C24H33ClN8S/c1-4-24(5-2)11-17-13-31(8-9-32(17)15-24)20-14-33(19(20)6-7-26)22-18(25)12-27-23(29-22)28-21-10-16(3)30-34-21/h10,12,17,19-20H,4-6,8-9,11,13-15H2,1-3H3,(H,27,28,29)/t17-,19-,20+/m0/s1. The first kappa shape index (κ1) is 23.7. The number of anilines is 3. The highest BCUT2D eigenvalue weighted by molar-refractivity contribution is 7.10. The summed E-state index contributed by atoms with van der Waals surface area (Å²) in [6.07, 6.45) is 5.91. The Labute approximate surface area is 211 Å². The van der Waals surface area contributed by atoms with Gasteiger partial charge in [-0.25, -0.2) is 4.98 Å². The lowest BCUT2D eigenvalue weighted by Crippen LogP contribution is -2.70. The van der Waals surface area contributed by atoms with E-state index in [1.807, 2.05) is 13.0 Å². The van der Waals surface area contributed by atoms with Crippen molar-refractivity contribution < 1.29 is 0 Å². The lowest BCUT2D eigenvalue weighted by molar-refractivity contribution is 0.0413. The molecule has 10 heteroatoms. The van der Waals surface area contributed by atoms with Crippen molar-refractivity contribution in [2.45, 2.75) is 64.6 Å². The third-order valence-electron chi connectivity index (χ3n) is 8.20. The minimum atomic E-state index is 0.0889. The van der Waals surface area contributed by atoms with Crippen LogP contribution in [0.3, 0.4) is 0 Å². The number of aromatic nitrogens is 3. The Morgan fingerprint density at radius 3 is 2.76 bits per heavy atom. The summed E-state index contributed by atoms with van der Waals surface area (Å²) in [4.78, 5) is 16.6. The number of nitrogens with zero attached hydrogens (tertiary/aromatic N) is 7. The lowest BCUT2D eigenvalue weighted by atomic mass is 9.80. The van der Waals surface area contributed by atoms with Crippen molar-refractivity contribution in [3.63, 3.8) is 0 Å². The van der Waals surface area contributed by atoms with Gasteiger partial charge in [-0.05, 0) is 49.2 Å². The summed E-state index contributed by atoms with van der Waals surface area (Å²) in [5, 5.41) is 14.2. The van der Waals surface area contributed by atoms with Gasteiger partial charge in [-0.15, -0.1) is 0 Å². The Hall–Kier alpha value is -1.99. The van der Waals surface area contributed by atoms with Gasteiger partial charge < -0.3 is 10.2 Å². The second kappa shape index (κ2) is 9.57. The first-order chi connectivity index (χ1) is 16.4. The molecule has 0 bridgehead atoms. The minimum absolute atomic E-state index is 0.0889. The fourth-order valence-electron chi connectivity index (χ4n) is 6.00. The molecule has 0 saturated carbocycles. The van der Waals surface area contributed by atoms with E-state index in [4.69, 9.17) is 16.6 Å².